The zero-order valence-electron chi connectivity index (χ0n) is 25.7. The Balaban J connectivity index is 1.47. The van der Waals surface area contributed by atoms with Crippen LogP contribution in [0.15, 0.2) is 102 Å². The van der Waals surface area contributed by atoms with Crippen LogP contribution in [0.4, 0.5) is 5.69 Å². The lowest BCUT2D eigenvalue weighted by Crippen LogP contribution is -2.48. The summed E-state index contributed by atoms with van der Waals surface area (Å²) in [5.74, 6) is 1.10. The van der Waals surface area contributed by atoms with E-state index in [1.807, 2.05) is 61.5 Å². The fourth-order valence-electron chi connectivity index (χ4n) is 4.91. The van der Waals surface area contributed by atoms with Gasteiger partial charge in [0.25, 0.3) is 10.0 Å². The van der Waals surface area contributed by atoms with Crippen molar-refractivity contribution in [3.8, 4) is 17.6 Å². The molecule has 0 spiro atoms. The number of sulfonamides is 1. The maximum Gasteiger partial charge on any atom is 0.264 e. The number of hydrogen-bond acceptors (Lipinski definition) is 6. The summed E-state index contributed by atoms with van der Waals surface area (Å²) >= 11 is 0. The summed E-state index contributed by atoms with van der Waals surface area (Å²) in [5.41, 5.74) is 3.47. The van der Waals surface area contributed by atoms with Gasteiger partial charge in [-0.2, -0.15) is 5.26 Å². The van der Waals surface area contributed by atoms with Gasteiger partial charge in [-0.3, -0.25) is 4.31 Å². The lowest BCUT2D eigenvalue weighted by Gasteiger charge is -2.32. The van der Waals surface area contributed by atoms with E-state index in [4.69, 9.17) is 9.47 Å². The van der Waals surface area contributed by atoms with E-state index < -0.39 is 16.1 Å². The monoisotopic (exact) mass is 614 g/mol. The highest BCUT2D eigenvalue weighted by Gasteiger charge is 2.27. The van der Waals surface area contributed by atoms with Crippen LogP contribution in [0.3, 0.4) is 0 Å². The summed E-state index contributed by atoms with van der Waals surface area (Å²) in [6, 6.07) is 30.8. The fourth-order valence-corrected chi connectivity index (χ4v) is 6.36. The Labute approximate surface area is 261 Å². The summed E-state index contributed by atoms with van der Waals surface area (Å²) < 4.78 is 40.6. The fraction of sp³-hybridized carbons (Fsp3) is 0.286. The van der Waals surface area contributed by atoms with Gasteiger partial charge in [-0.15, -0.1) is 0 Å². The minimum atomic E-state index is -3.95. The predicted molar refractivity (Wildman–Crippen MR) is 172 cm³/mol. The lowest BCUT2D eigenvalue weighted by molar-refractivity contribution is -0.893. The number of methoxy groups -OCH3 is 1. The third-order valence-electron chi connectivity index (χ3n) is 7.45. The number of aliphatic hydroxyl groups is 1. The second-order valence-electron chi connectivity index (χ2n) is 11.5. The molecule has 1 atom stereocenters. The van der Waals surface area contributed by atoms with Crippen LogP contribution in [0.25, 0.3) is 0 Å². The van der Waals surface area contributed by atoms with Crippen LogP contribution in [0.1, 0.15) is 22.3 Å². The van der Waals surface area contributed by atoms with Gasteiger partial charge in [0.15, 0.2) is 0 Å². The molecule has 0 saturated carbocycles. The van der Waals surface area contributed by atoms with Crippen molar-refractivity contribution >= 4 is 15.7 Å². The number of hydrogen-bond donors (Lipinski definition) is 1. The lowest BCUT2D eigenvalue weighted by atomic mass is 10.1. The van der Waals surface area contributed by atoms with E-state index in [1.54, 1.807) is 43.5 Å². The number of likely N-dealkylation sites (N-methyl/N-ethyl adjacent to an activating group) is 1. The van der Waals surface area contributed by atoms with Crippen molar-refractivity contribution in [2.24, 2.45) is 0 Å². The Bertz CT molecular complexity index is 1670. The maximum atomic E-state index is 13.8. The molecule has 44 heavy (non-hydrogen) atoms. The van der Waals surface area contributed by atoms with E-state index in [0.717, 1.165) is 29.8 Å². The number of rotatable bonds is 14. The van der Waals surface area contributed by atoms with Crippen molar-refractivity contribution in [2.45, 2.75) is 30.9 Å². The Morgan fingerprint density at radius 1 is 0.932 bits per heavy atom. The number of benzene rings is 4. The van der Waals surface area contributed by atoms with Gasteiger partial charge in [-0.25, -0.2) is 8.42 Å². The molecule has 4 aromatic carbocycles. The third kappa shape index (κ3) is 8.60. The van der Waals surface area contributed by atoms with Crippen molar-refractivity contribution < 1.29 is 27.5 Å². The van der Waals surface area contributed by atoms with Crippen LogP contribution in [0.5, 0.6) is 11.5 Å². The molecule has 0 heterocycles. The average molecular weight is 615 g/mol. The zero-order chi connectivity index (χ0) is 31.7. The van der Waals surface area contributed by atoms with Gasteiger partial charge < -0.3 is 19.1 Å². The molecule has 8 nitrogen and oxygen atoms in total. The van der Waals surface area contributed by atoms with Crippen molar-refractivity contribution in [2.75, 3.05) is 45.2 Å². The minimum absolute atomic E-state index is 0.00631. The van der Waals surface area contributed by atoms with Crippen LogP contribution in [0.2, 0.25) is 0 Å². The number of ether oxygens (including phenoxy) is 2. The summed E-state index contributed by atoms with van der Waals surface area (Å²) in [6.07, 6.45) is 0.0684. The van der Waals surface area contributed by atoms with Gasteiger partial charge in [-0.1, -0.05) is 60.2 Å². The first-order valence-corrected chi connectivity index (χ1v) is 15.9. The number of nitrogens with zero attached hydrogens (tertiary/aromatic N) is 3. The molecule has 0 aliphatic rings. The van der Waals surface area contributed by atoms with Gasteiger partial charge in [-0.05, 0) is 60.5 Å². The van der Waals surface area contributed by atoms with Crippen molar-refractivity contribution in [3.63, 3.8) is 0 Å². The number of anilines is 1. The van der Waals surface area contributed by atoms with Crippen LogP contribution >= 0.6 is 0 Å². The van der Waals surface area contributed by atoms with E-state index in [0.29, 0.717) is 16.7 Å². The van der Waals surface area contributed by atoms with Crippen LogP contribution in [0, 0.1) is 18.3 Å². The highest BCUT2D eigenvalue weighted by Crippen LogP contribution is 2.31. The smallest absolute Gasteiger partial charge is 0.264 e. The van der Waals surface area contributed by atoms with E-state index >= 15 is 0 Å². The van der Waals surface area contributed by atoms with Gasteiger partial charge in [0.05, 0.1) is 50.4 Å². The molecule has 0 aromatic heterocycles. The molecule has 0 radical (unpaired) electrons. The van der Waals surface area contributed by atoms with E-state index in [-0.39, 0.29) is 29.4 Å². The molecule has 0 bridgehead atoms. The van der Waals surface area contributed by atoms with E-state index in [2.05, 4.69) is 20.2 Å². The SMILES string of the molecule is COc1ccc(CC[N+](C)(C)C[C@@H](O)COc2ccc(N(Cc3ccccc3)S(=O)(=O)c3ccc(C)cc3)cc2C#N)cc1. The molecule has 0 fully saturated rings. The highest BCUT2D eigenvalue weighted by atomic mass is 32.2. The average Bonchev–Trinajstić information content (AvgIpc) is 3.02. The van der Waals surface area contributed by atoms with E-state index in [1.165, 1.54) is 15.9 Å². The summed E-state index contributed by atoms with van der Waals surface area (Å²) in [5, 5.41) is 20.8. The molecule has 0 amide bonds. The first-order chi connectivity index (χ1) is 21.0. The summed E-state index contributed by atoms with van der Waals surface area (Å²) in [4.78, 5) is 0.161. The number of aliphatic hydroxyl groups excluding tert-OH is 1. The number of aryl methyl sites for hydroxylation is 1. The summed E-state index contributed by atoms with van der Waals surface area (Å²) in [7, 11) is 1.80. The minimum Gasteiger partial charge on any atom is -0.497 e. The normalized spacial score (nSPS) is 12.3. The second kappa shape index (κ2) is 14.4. The summed E-state index contributed by atoms with van der Waals surface area (Å²) in [6.45, 7) is 3.25. The molecule has 0 unspecified atom stereocenters. The van der Waals surface area contributed by atoms with E-state index in [9.17, 15) is 18.8 Å². The zero-order valence-corrected chi connectivity index (χ0v) is 26.5. The van der Waals surface area contributed by atoms with Crippen molar-refractivity contribution in [3.05, 3.63) is 119 Å². The number of nitriles is 1. The van der Waals surface area contributed by atoms with Gasteiger partial charge >= 0.3 is 0 Å². The Morgan fingerprint density at radius 3 is 2.25 bits per heavy atom. The molecule has 4 rings (SSSR count). The van der Waals surface area contributed by atoms with Gasteiger partial charge in [0, 0.05) is 6.42 Å². The highest BCUT2D eigenvalue weighted by molar-refractivity contribution is 7.92. The maximum absolute atomic E-state index is 13.8. The second-order valence-corrected chi connectivity index (χ2v) is 13.4. The van der Waals surface area contributed by atoms with Crippen molar-refractivity contribution in [1.82, 2.24) is 0 Å². The first kappa shape index (κ1) is 32.6. The first-order valence-electron chi connectivity index (χ1n) is 14.4. The Kier molecular flexibility index (Phi) is 10.7. The van der Waals surface area contributed by atoms with Crippen LogP contribution in [-0.2, 0) is 23.0 Å². The van der Waals surface area contributed by atoms with Crippen LogP contribution in [-0.4, -0.2) is 65.0 Å². The third-order valence-corrected chi connectivity index (χ3v) is 9.24. The number of quaternary nitrogens is 1. The quantitative estimate of drug-likeness (QED) is 0.193. The molecule has 0 saturated heterocycles. The standard InChI is InChI=1S/C35H40N3O5S/c1-27-10-17-34(18-11-27)44(40,41)37(24-29-8-6-5-7-9-29)31-14-19-35(30(22-31)23-36)43-26-32(39)25-38(2,3)21-20-28-12-15-33(42-4)16-13-28/h5-19,22,32,39H,20-21,24-26H2,1-4H3/q+1/t32-/m1/s1. The van der Waals surface area contributed by atoms with Crippen LogP contribution < -0.4 is 13.8 Å². The topological polar surface area (TPSA) is 99.9 Å². The Hall–Kier alpha value is -4.36. The molecular formula is C35H40N3O5S+. The van der Waals surface area contributed by atoms with Gasteiger partial charge in [0.2, 0.25) is 0 Å². The molecule has 0 aliphatic heterocycles. The van der Waals surface area contributed by atoms with Crippen molar-refractivity contribution in [1.29, 1.82) is 5.26 Å². The predicted octanol–water partition coefficient (Wildman–Crippen LogP) is 5.33. The Morgan fingerprint density at radius 2 is 1.61 bits per heavy atom. The molecule has 1 N–H and O–H groups in total. The molecule has 230 valence electrons. The molecular weight excluding hydrogens is 574 g/mol. The largest absolute Gasteiger partial charge is 0.497 e. The van der Waals surface area contributed by atoms with Gasteiger partial charge in [0.1, 0.15) is 36.8 Å². The molecule has 4 aromatic rings. The molecule has 0 aliphatic carbocycles. The molecule has 9 heteroatoms.